The molecule has 8 nitrogen and oxygen atoms in total. The van der Waals surface area contributed by atoms with E-state index in [1.54, 1.807) is 9.58 Å². The minimum absolute atomic E-state index is 0.0324. The van der Waals surface area contributed by atoms with Crippen molar-refractivity contribution in [3.8, 4) is 0 Å². The van der Waals surface area contributed by atoms with Gasteiger partial charge in [0.1, 0.15) is 5.65 Å². The molecule has 1 aliphatic heterocycles. The maximum atomic E-state index is 12.9. The van der Waals surface area contributed by atoms with Gasteiger partial charge in [-0.05, 0) is 26.0 Å². The van der Waals surface area contributed by atoms with Crippen LogP contribution in [0, 0.1) is 6.92 Å². The van der Waals surface area contributed by atoms with Crippen molar-refractivity contribution in [2.24, 2.45) is 0 Å². The zero-order valence-corrected chi connectivity index (χ0v) is 15.3. The van der Waals surface area contributed by atoms with E-state index in [1.165, 1.54) is 0 Å². The first kappa shape index (κ1) is 17.3. The number of carboxylic acid groups (broad SMARTS) is 1. The molecule has 0 fully saturated rings. The minimum atomic E-state index is -1.05. The second-order valence-corrected chi connectivity index (χ2v) is 6.71. The van der Waals surface area contributed by atoms with Crippen LogP contribution in [0.2, 0.25) is 0 Å². The Morgan fingerprint density at radius 2 is 2.11 bits per heavy atom. The number of aryl methyl sites for hydroxylation is 2. The van der Waals surface area contributed by atoms with Crippen LogP contribution < -0.4 is 0 Å². The Morgan fingerprint density at radius 1 is 1.30 bits per heavy atom. The molecule has 0 atom stereocenters. The average molecular weight is 367 g/mol. The second kappa shape index (κ2) is 6.53. The molecule has 0 unspecified atom stereocenters. The summed E-state index contributed by atoms with van der Waals surface area (Å²) in [6.07, 6.45) is 2.75. The zero-order valence-electron chi connectivity index (χ0n) is 15.3. The first-order valence-corrected chi connectivity index (χ1v) is 9.01. The van der Waals surface area contributed by atoms with E-state index >= 15 is 0 Å². The molecule has 27 heavy (non-hydrogen) atoms. The SMILES string of the molecule is CCn1nc(C(=O)O)c2c1CCN(C(=O)Cc1c(C)nc3ccccn13)C2. The summed E-state index contributed by atoms with van der Waals surface area (Å²) in [6.45, 7) is 5.30. The fraction of sp³-hybridized carbons (Fsp3) is 0.368. The van der Waals surface area contributed by atoms with Gasteiger partial charge < -0.3 is 14.4 Å². The molecule has 3 aromatic heterocycles. The Balaban J connectivity index is 1.60. The first-order chi connectivity index (χ1) is 13.0. The molecule has 1 amide bonds. The summed E-state index contributed by atoms with van der Waals surface area (Å²) >= 11 is 0. The van der Waals surface area contributed by atoms with Gasteiger partial charge in [-0.15, -0.1) is 0 Å². The lowest BCUT2D eigenvalue weighted by Gasteiger charge is -2.27. The van der Waals surface area contributed by atoms with Crippen LogP contribution in [0.25, 0.3) is 5.65 Å². The molecule has 4 heterocycles. The number of carboxylic acids is 1. The van der Waals surface area contributed by atoms with Gasteiger partial charge in [-0.1, -0.05) is 6.07 Å². The molecular formula is C19H21N5O3. The van der Waals surface area contributed by atoms with Gasteiger partial charge in [0.2, 0.25) is 5.91 Å². The third kappa shape index (κ3) is 2.87. The van der Waals surface area contributed by atoms with Gasteiger partial charge in [0.25, 0.3) is 0 Å². The molecule has 0 saturated carbocycles. The molecule has 0 radical (unpaired) electrons. The summed E-state index contributed by atoms with van der Waals surface area (Å²) in [5.74, 6) is -1.08. The maximum Gasteiger partial charge on any atom is 0.356 e. The number of carbonyl (C=O) groups is 2. The van der Waals surface area contributed by atoms with Crippen LogP contribution in [0.15, 0.2) is 24.4 Å². The molecule has 0 saturated heterocycles. The van der Waals surface area contributed by atoms with Gasteiger partial charge >= 0.3 is 5.97 Å². The van der Waals surface area contributed by atoms with Crippen LogP contribution in [-0.4, -0.2) is 47.6 Å². The largest absolute Gasteiger partial charge is 0.476 e. The fourth-order valence-electron chi connectivity index (χ4n) is 3.77. The van der Waals surface area contributed by atoms with Gasteiger partial charge in [0, 0.05) is 43.5 Å². The monoisotopic (exact) mass is 367 g/mol. The molecule has 0 bridgehead atoms. The van der Waals surface area contributed by atoms with Crippen molar-refractivity contribution in [2.75, 3.05) is 6.54 Å². The summed E-state index contributed by atoms with van der Waals surface area (Å²) in [6, 6.07) is 5.73. The predicted octanol–water partition coefficient (Wildman–Crippen LogP) is 1.68. The predicted molar refractivity (Wildman–Crippen MR) is 97.6 cm³/mol. The van der Waals surface area contributed by atoms with Gasteiger partial charge in [0.15, 0.2) is 5.69 Å². The van der Waals surface area contributed by atoms with Crippen LogP contribution >= 0.6 is 0 Å². The maximum absolute atomic E-state index is 12.9. The highest BCUT2D eigenvalue weighted by Gasteiger charge is 2.30. The van der Waals surface area contributed by atoms with Gasteiger partial charge in [0.05, 0.1) is 17.8 Å². The lowest BCUT2D eigenvalue weighted by molar-refractivity contribution is -0.131. The van der Waals surface area contributed by atoms with Crippen molar-refractivity contribution in [1.29, 1.82) is 0 Å². The van der Waals surface area contributed by atoms with Crippen LogP contribution in [0.1, 0.15) is 40.1 Å². The highest BCUT2D eigenvalue weighted by atomic mass is 16.4. The van der Waals surface area contributed by atoms with Gasteiger partial charge in [-0.25, -0.2) is 9.78 Å². The van der Waals surface area contributed by atoms with Crippen LogP contribution in [0.4, 0.5) is 0 Å². The van der Waals surface area contributed by atoms with Crippen molar-refractivity contribution in [3.63, 3.8) is 0 Å². The number of aromatic nitrogens is 4. The minimum Gasteiger partial charge on any atom is -0.476 e. The van der Waals surface area contributed by atoms with E-state index < -0.39 is 5.97 Å². The Kier molecular flexibility index (Phi) is 4.18. The van der Waals surface area contributed by atoms with Crippen molar-refractivity contribution in [2.45, 2.75) is 39.8 Å². The van der Waals surface area contributed by atoms with Crippen molar-refractivity contribution in [3.05, 3.63) is 52.7 Å². The topological polar surface area (TPSA) is 92.7 Å². The fourth-order valence-corrected chi connectivity index (χ4v) is 3.77. The summed E-state index contributed by atoms with van der Waals surface area (Å²) < 4.78 is 3.66. The van der Waals surface area contributed by atoms with Crippen molar-refractivity contribution < 1.29 is 14.7 Å². The van der Waals surface area contributed by atoms with E-state index in [-0.39, 0.29) is 24.6 Å². The summed E-state index contributed by atoms with van der Waals surface area (Å²) in [5.41, 5.74) is 4.14. The highest BCUT2D eigenvalue weighted by Crippen LogP contribution is 2.24. The summed E-state index contributed by atoms with van der Waals surface area (Å²) in [5, 5.41) is 13.6. The number of rotatable bonds is 4. The zero-order chi connectivity index (χ0) is 19.1. The number of pyridine rings is 1. The molecule has 1 aliphatic rings. The van der Waals surface area contributed by atoms with Crippen LogP contribution in [-0.2, 0) is 30.7 Å². The molecule has 0 aliphatic carbocycles. The molecule has 0 aromatic carbocycles. The molecule has 0 spiro atoms. The molecule has 140 valence electrons. The third-order valence-corrected chi connectivity index (χ3v) is 5.14. The number of hydrogen-bond donors (Lipinski definition) is 1. The Labute approximate surface area is 156 Å². The Morgan fingerprint density at radius 3 is 2.85 bits per heavy atom. The number of carbonyl (C=O) groups excluding carboxylic acids is 1. The number of aromatic carboxylic acids is 1. The number of hydrogen-bond acceptors (Lipinski definition) is 4. The molecule has 8 heteroatoms. The smallest absolute Gasteiger partial charge is 0.356 e. The number of imidazole rings is 1. The lowest BCUT2D eigenvalue weighted by atomic mass is 10.0. The lowest BCUT2D eigenvalue weighted by Crippen LogP contribution is -2.38. The number of fused-ring (bicyclic) bond motifs is 2. The van der Waals surface area contributed by atoms with Gasteiger partial charge in [-0.3, -0.25) is 9.48 Å². The van der Waals surface area contributed by atoms with Crippen molar-refractivity contribution >= 4 is 17.5 Å². The standard InChI is InChI=1S/C19H21N5O3/c1-3-24-14-7-9-22(11-13(14)18(21-24)19(26)27)17(25)10-15-12(2)20-16-6-4-5-8-23(15)16/h4-6,8H,3,7,9-11H2,1-2H3,(H,26,27). The van der Waals surface area contributed by atoms with Crippen molar-refractivity contribution in [1.82, 2.24) is 24.1 Å². The molecule has 1 N–H and O–H groups in total. The first-order valence-electron chi connectivity index (χ1n) is 9.01. The normalized spacial score (nSPS) is 13.8. The van der Waals surface area contributed by atoms with Gasteiger partial charge in [-0.2, -0.15) is 5.10 Å². The third-order valence-electron chi connectivity index (χ3n) is 5.14. The van der Waals surface area contributed by atoms with E-state index in [0.29, 0.717) is 25.1 Å². The highest BCUT2D eigenvalue weighted by molar-refractivity contribution is 5.88. The van der Waals surface area contributed by atoms with E-state index in [4.69, 9.17) is 0 Å². The quantitative estimate of drug-likeness (QED) is 0.757. The molecular weight excluding hydrogens is 346 g/mol. The number of nitrogens with zero attached hydrogens (tertiary/aromatic N) is 5. The molecule has 4 rings (SSSR count). The van der Waals surface area contributed by atoms with E-state index in [2.05, 4.69) is 10.1 Å². The summed E-state index contributed by atoms with van der Waals surface area (Å²) in [4.78, 5) is 30.7. The summed E-state index contributed by atoms with van der Waals surface area (Å²) in [7, 11) is 0. The Hall–Kier alpha value is -3.16. The second-order valence-electron chi connectivity index (χ2n) is 6.71. The van der Waals surface area contributed by atoms with Crippen LogP contribution in [0.5, 0.6) is 0 Å². The van der Waals surface area contributed by atoms with E-state index in [9.17, 15) is 14.7 Å². The number of amides is 1. The van der Waals surface area contributed by atoms with E-state index in [0.717, 1.165) is 22.7 Å². The average Bonchev–Trinajstić information content (AvgIpc) is 3.19. The Bertz CT molecular complexity index is 1050. The van der Waals surface area contributed by atoms with Crippen LogP contribution in [0.3, 0.4) is 0 Å². The molecule has 3 aromatic rings. The van der Waals surface area contributed by atoms with E-state index in [1.807, 2.05) is 42.6 Å².